The fourth-order valence-electron chi connectivity index (χ4n) is 2.80. The third-order valence-corrected chi connectivity index (χ3v) is 4.24. The van der Waals surface area contributed by atoms with Gasteiger partial charge in [-0.1, -0.05) is 44.2 Å². The maximum Gasteiger partial charge on any atom is 0.0717 e. The molecule has 0 unspecified atom stereocenters. The number of ether oxygens (including phenoxy) is 1. The van der Waals surface area contributed by atoms with Gasteiger partial charge in [0.15, 0.2) is 0 Å². The first-order chi connectivity index (χ1) is 9.25. The SMILES string of the molecule is CC(C)C1CCN(CCOCc2ccccc2)CC1. The zero-order chi connectivity index (χ0) is 13.5. The first-order valence-electron chi connectivity index (χ1n) is 7.59. The normalized spacial score (nSPS) is 18.1. The fourth-order valence-corrected chi connectivity index (χ4v) is 2.80. The smallest absolute Gasteiger partial charge is 0.0717 e. The van der Waals surface area contributed by atoms with Crippen molar-refractivity contribution in [1.82, 2.24) is 4.90 Å². The van der Waals surface area contributed by atoms with E-state index in [1.165, 1.54) is 31.5 Å². The maximum atomic E-state index is 5.76. The highest BCUT2D eigenvalue weighted by Gasteiger charge is 2.20. The van der Waals surface area contributed by atoms with E-state index in [4.69, 9.17) is 4.74 Å². The van der Waals surface area contributed by atoms with Crippen molar-refractivity contribution in [2.75, 3.05) is 26.2 Å². The lowest BCUT2D eigenvalue weighted by molar-refractivity contribution is 0.0747. The number of likely N-dealkylation sites (tertiary alicyclic amines) is 1. The Morgan fingerprint density at radius 1 is 1.16 bits per heavy atom. The zero-order valence-corrected chi connectivity index (χ0v) is 12.3. The van der Waals surface area contributed by atoms with Crippen LogP contribution in [-0.2, 0) is 11.3 Å². The standard InChI is InChI=1S/C17H27NO/c1-15(2)17-8-10-18(11-9-17)12-13-19-14-16-6-4-3-5-7-16/h3-7,15,17H,8-14H2,1-2H3. The lowest BCUT2D eigenvalue weighted by Crippen LogP contribution is -2.37. The summed E-state index contributed by atoms with van der Waals surface area (Å²) in [5.41, 5.74) is 1.26. The van der Waals surface area contributed by atoms with Gasteiger partial charge in [-0.3, -0.25) is 0 Å². The molecule has 0 N–H and O–H groups in total. The largest absolute Gasteiger partial charge is 0.375 e. The molecule has 1 fully saturated rings. The number of hydrogen-bond acceptors (Lipinski definition) is 2. The van der Waals surface area contributed by atoms with Gasteiger partial charge >= 0.3 is 0 Å². The van der Waals surface area contributed by atoms with Gasteiger partial charge in [0, 0.05) is 6.54 Å². The summed E-state index contributed by atoms with van der Waals surface area (Å²) in [7, 11) is 0. The first-order valence-corrected chi connectivity index (χ1v) is 7.59. The van der Waals surface area contributed by atoms with Crippen LogP contribution in [0.1, 0.15) is 32.3 Å². The van der Waals surface area contributed by atoms with Crippen LogP contribution in [-0.4, -0.2) is 31.1 Å². The minimum Gasteiger partial charge on any atom is -0.375 e. The highest BCUT2D eigenvalue weighted by molar-refractivity contribution is 5.13. The average Bonchev–Trinajstić information content (AvgIpc) is 2.45. The molecule has 1 aromatic rings. The van der Waals surface area contributed by atoms with Gasteiger partial charge in [0.1, 0.15) is 0 Å². The van der Waals surface area contributed by atoms with Crippen LogP contribution >= 0.6 is 0 Å². The van der Waals surface area contributed by atoms with Gasteiger partial charge in [-0.2, -0.15) is 0 Å². The van der Waals surface area contributed by atoms with E-state index in [2.05, 4.69) is 43.0 Å². The van der Waals surface area contributed by atoms with Gasteiger partial charge in [-0.05, 0) is 43.3 Å². The van der Waals surface area contributed by atoms with Crippen molar-refractivity contribution >= 4 is 0 Å². The second-order valence-corrected chi connectivity index (χ2v) is 5.96. The topological polar surface area (TPSA) is 12.5 Å². The van der Waals surface area contributed by atoms with Gasteiger partial charge in [0.25, 0.3) is 0 Å². The van der Waals surface area contributed by atoms with Crippen LogP contribution in [0.25, 0.3) is 0 Å². The molecule has 0 aliphatic carbocycles. The Morgan fingerprint density at radius 2 is 1.84 bits per heavy atom. The quantitative estimate of drug-likeness (QED) is 0.726. The van der Waals surface area contributed by atoms with E-state index in [1.807, 2.05) is 6.07 Å². The summed E-state index contributed by atoms with van der Waals surface area (Å²) in [6, 6.07) is 10.4. The molecule has 0 aromatic heterocycles. The van der Waals surface area contributed by atoms with Crippen LogP contribution in [0.4, 0.5) is 0 Å². The van der Waals surface area contributed by atoms with E-state index in [0.29, 0.717) is 0 Å². The summed E-state index contributed by atoms with van der Waals surface area (Å²) < 4.78 is 5.76. The van der Waals surface area contributed by atoms with E-state index in [-0.39, 0.29) is 0 Å². The summed E-state index contributed by atoms with van der Waals surface area (Å²) in [6.45, 7) is 9.86. The highest BCUT2D eigenvalue weighted by Crippen LogP contribution is 2.24. The van der Waals surface area contributed by atoms with Gasteiger partial charge in [0.05, 0.1) is 13.2 Å². The number of piperidine rings is 1. The van der Waals surface area contributed by atoms with Crippen molar-refractivity contribution < 1.29 is 4.74 Å². The first kappa shape index (κ1) is 14.5. The van der Waals surface area contributed by atoms with Gasteiger partial charge < -0.3 is 9.64 Å². The molecule has 1 saturated heterocycles. The van der Waals surface area contributed by atoms with Crippen molar-refractivity contribution in [3.63, 3.8) is 0 Å². The summed E-state index contributed by atoms with van der Waals surface area (Å²) in [5.74, 6) is 1.78. The highest BCUT2D eigenvalue weighted by atomic mass is 16.5. The van der Waals surface area contributed by atoms with Gasteiger partial charge in [-0.25, -0.2) is 0 Å². The Labute approximate surface area is 117 Å². The molecular formula is C17H27NO. The van der Waals surface area contributed by atoms with E-state index in [0.717, 1.165) is 31.6 Å². The van der Waals surface area contributed by atoms with Crippen molar-refractivity contribution in [2.45, 2.75) is 33.3 Å². The average molecular weight is 261 g/mol. The predicted octanol–water partition coefficient (Wildman–Crippen LogP) is 3.57. The van der Waals surface area contributed by atoms with Crippen LogP contribution < -0.4 is 0 Å². The summed E-state index contributed by atoms with van der Waals surface area (Å²) in [4.78, 5) is 2.55. The Hall–Kier alpha value is -0.860. The molecule has 2 heteroatoms. The Balaban J connectivity index is 1.57. The fraction of sp³-hybridized carbons (Fsp3) is 0.647. The van der Waals surface area contributed by atoms with Crippen molar-refractivity contribution in [3.05, 3.63) is 35.9 Å². The lowest BCUT2D eigenvalue weighted by Gasteiger charge is -2.33. The molecule has 2 rings (SSSR count). The molecule has 0 radical (unpaired) electrons. The number of nitrogens with zero attached hydrogens (tertiary/aromatic N) is 1. The lowest BCUT2D eigenvalue weighted by atomic mass is 9.87. The maximum absolute atomic E-state index is 5.76. The number of benzene rings is 1. The molecule has 1 aliphatic heterocycles. The van der Waals surface area contributed by atoms with Gasteiger partial charge in [0.2, 0.25) is 0 Å². The molecule has 0 amide bonds. The third-order valence-electron chi connectivity index (χ3n) is 4.24. The van der Waals surface area contributed by atoms with Crippen LogP contribution in [0.5, 0.6) is 0 Å². The molecule has 0 saturated carbocycles. The molecule has 2 nitrogen and oxygen atoms in total. The minimum absolute atomic E-state index is 0.739. The van der Waals surface area contributed by atoms with Crippen molar-refractivity contribution in [3.8, 4) is 0 Å². The third kappa shape index (κ3) is 4.96. The predicted molar refractivity (Wildman–Crippen MR) is 80.1 cm³/mol. The van der Waals surface area contributed by atoms with Gasteiger partial charge in [-0.15, -0.1) is 0 Å². The minimum atomic E-state index is 0.739. The molecule has 0 bridgehead atoms. The Morgan fingerprint density at radius 3 is 2.47 bits per heavy atom. The zero-order valence-electron chi connectivity index (χ0n) is 12.3. The Bertz CT molecular complexity index is 342. The van der Waals surface area contributed by atoms with Crippen molar-refractivity contribution in [1.29, 1.82) is 0 Å². The van der Waals surface area contributed by atoms with E-state index >= 15 is 0 Å². The van der Waals surface area contributed by atoms with Crippen LogP contribution in [0.3, 0.4) is 0 Å². The van der Waals surface area contributed by atoms with E-state index in [1.54, 1.807) is 0 Å². The summed E-state index contributed by atoms with van der Waals surface area (Å²) in [6.07, 6.45) is 2.71. The van der Waals surface area contributed by atoms with Crippen LogP contribution in [0.2, 0.25) is 0 Å². The molecule has 19 heavy (non-hydrogen) atoms. The Kier molecular flexibility index (Phi) is 5.87. The molecule has 1 heterocycles. The van der Waals surface area contributed by atoms with Crippen LogP contribution in [0.15, 0.2) is 30.3 Å². The summed E-state index contributed by atoms with van der Waals surface area (Å²) >= 11 is 0. The number of hydrogen-bond donors (Lipinski definition) is 0. The summed E-state index contributed by atoms with van der Waals surface area (Å²) in [5, 5.41) is 0. The monoisotopic (exact) mass is 261 g/mol. The van der Waals surface area contributed by atoms with E-state index in [9.17, 15) is 0 Å². The molecule has 0 spiro atoms. The van der Waals surface area contributed by atoms with E-state index < -0.39 is 0 Å². The molecule has 1 aliphatic rings. The molecule has 1 aromatic carbocycles. The second-order valence-electron chi connectivity index (χ2n) is 5.96. The molecular weight excluding hydrogens is 234 g/mol. The second kappa shape index (κ2) is 7.66. The molecule has 0 atom stereocenters. The van der Waals surface area contributed by atoms with Crippen molar-refractivity contribution in [2.24, 2.45) is 11.8 Å². The molecule has 106 valence electrons. The van der Waals surface area contributed by atoms with Crippen LogP contribution in [0, 0.1) is 11.8 Å². The number of rotatable bonds is 6.